The monoisotopic (exact) mass is 766 g/mol. The summed E-state index contributed by atoms with van der Waals surface area (Å²) in [5, 5.41) is 7.58. The Hall–Kier alpha value is -7.68. The summed E-state index contributed by atoms with van der Waals surface area (Å²) in [6.07, 6.45) is 6.67. The molecule has 9 aromatic carbocycles. The molecular formula is C58H42N2. The molecule has 0 aliphatic carbocycles. The number of hydrogen-bond acceptors (Lipinski definition) is 1. The van der Waals surface area contributed by atoms with E-state index in [0.29, 0.717) is 0 Å². The number of allylic oxidation sites excluding steroid dienone is 4. The van der Waals surface area contributed by atoms with Crippen molar-refractivity contribution in [2.75, 3.05) is 11.4 Å². The zero-order chi connectivity index (χ0) is 40.2. The fourth-order valence-corrected chi connectivity index (χ4v) is 9.46. The quantitative estimate of drug-likeness (QED) is 0.158. The van der Waals surface area contributed by atoms with E-state index in [1.54, 1.807) is 0 Å². The lowest BCUT2D eigenvalue weighted by molar-refractivity contribution is 1.09. The third-order valence-electron chi connectivity index (χ3n) is 12.2. The van der Waals surface area contributed by atoms with Gasteiger partial charge in [0.05, 0.1) is 11.0 Å². The zero-order valence-electron chi connectivity index (χ0n) is 33.5. The fraction of sp³-hybridized carbons (Fsp3) is 0.0345. The van der Waals surface area contributed by atoms with Gasteiger partial charge in [0.1, 0.15) is 0 Å². The molecule has 284 valence electrons. The molecule has 0 unspecified atom stereocenters. The fourth-order valence-electron chi connectivity index (χ4n) is 9.46. The van der Waals surface area contributed by atoms with E-state index in [0.717, 1.165) is 40.3 Å². The molecule has 1 aliphatic rings. The molecule has 10 aromatic rings. The predicted molar refractivity (Wildman–Crippen MR) is 257 cm³/mol. The number of rotatable bonds is 5. The van der Waals surface area contributed by atoms with Gasteiger partial charge in [0.2, 0.25) is 0 Å². The Morgan fingerprint density at radius 1 is 0.433 bits per heavy atom. The number of para-hydroxylation sites is 2. The highest BCUT2D eigenvalue weighted by Crippen LogP contribution is 2.45. The maximum absolute atomic E-state index is 4.62. The topological polar surface area (TPSA) is 8.17 Å². The molecule has 2 nitrogen and oxygen atoms in total. The first-order valence-electron chi connectivity index (χ1n) is 20.7. The van der Waals surface area contributed by atoms with E-state index in [2.05, 4.69) is 235 Å². The van der Waals surface area contributed by atoms with Crippen molar-refractivity contribution in [3.63, 3.8) is 0 Å². The Morgan fingerprint density at radius 2 is 0.900 bits per heavy atom. The van der Waals surface area contributed by atoms with Gasteiger partial charge in [-0.05, 0) is 116 Å². The van der Waals surface area contributed by atoms with E-state index >= 15 is 0 Å². The minimum atomic E-state index is 0.731. The molecule has 11 rings (SSSR count). The summed E-state index contributed by atoms with van der Waals surface area (Å²) in [6, 6.07) is 70.8. The van der Waals surface area contributed by atoms with Crippen LogP contribution in [0.25, 0.3) is 88.0 Å². The van der Waals surface area contributed by atoms with Gasteiger partial charge in [-0.25, -0.2) is 0 Å². The molecule has 1 aliphatic heterocycles. The first-order valence-corrected chi connectivity index (χ1v) is 20.7. The second-order valence-corrected chi connectivity index (χ2v) is 15.8. The Bertz CT molecular complexity index is 3230. The standard InChI is InChI=1S/C58H42N2/c1-39-15-14-36-59(45-31-28-43(29-32-45)58-51-22-8-6-20-49(51)57(42-16-4-3-5-17-42)50-21-7-9-23-52(50)58)54-35-30-44(38-53(54)40(2)37-39)41-26-33-46(34-27-41)60-55-24-12-10-18-47(55)48-19-11-13-25-56(48)60/h3-35,37-38H,2,36H2,1H3/b15-14-,39-37-. The zero-order valence-corrected chi connectivity index (χ0v) is 33.5. The first kappa shape index (κ1) is 35.5. The van der Waals surface area contributed by atoms with Crippen molar-refractivity contribution in [1.29, 1.82) is 0 Å². The van der Waals surface area contributed by atoms with Gasteiger partial charge in [0.25, 0.3) is 0 Å². The van der Waals surface area contributed by atoms with E-state index in [1.165, 1.54) is 76.7 Å². The van der Waals surface area contributed by atoms with Gasteiger partial charge in [-0.2, -0.15) is 0 Å². The van der Waals surface area contributed by atoms with Crippen LogP contribution in [-0.2, 0) is 0 Å². The maximum atomic E-state index is 4.62. The normalized spacial score (nSPS) is 14.4. The molecule has 1 aromatic heterocycles. The molecule has 60 heavy (non-hydrogen) atoms. The molecule has 0 fully saturated rings. The van der Waals surface area contributed by atoms with Crippen molar-refractivity contribution < 1.29 is 0 Å². The van der Waals surface area contributed by atoms with Crippen molar-refractivity contribution >= 4 is 60.3 Å². The highest BCUT2D eigenvalue weighted by Gasteiger charge is 2.20. The third-order valence-corrected chi connectivity index (χ3v) is 12.2. The van der Waals surface area contributed by atoms with Crippen LogP contribution < -0.4 is 4.90 Å². The summed E-state index contributed by atoms with van der Waals surface area (Å²) >= 11 is 0. The van der Waals surface area contributed by atoms with Crippen LogP contribution >= 0.6 is 0 Å². The van der Waals surface area contributed by atoms with E-state index in [-0.39, 0.29) is 0 Å². The van der Waals surface area contributed by atoms with Crippen molar-refractivity contribution in [1.82, 2.24) is 4.57 Å². The SMILES string of the molecule is C=C1/C=C(C)\C=C/CN(c2ccc(-c3c4ccccc4c(-c4ccccc4)c4ccccc34)cc2)c2ccc(-c3ccc(-n4c5ccccc5c5ccccc54)cc3)cc21. The Kier molecular flexibility index (Phi) is 8.64. The highest BCUT2D eigenvalue weighted by molar-refractivity contribution is 6.21. The Balaban J connectivity index is 0.983. The van der Waals surface area contributed by atoms with Crippen LogP contribution in [0.5, 0.6) is 0 Å². The molecule has 0 spiro atoms. The van der Waals surface area contributed by atoms with Crippen molar-refractivity contribution in [2.24, 2.45) is 0 Å². The lowest BCUT2D eigenvalue weighted by Gasteiger charge is -2.27. The van der Waals surface area contributed by atoms with Crippen LogP contribution in [0.2, 0.25) is 0 Å². The molecular weight excluding hydrogens is 725 g/mol. The van der Waals surface area contributed by atoms with Gasteiger partial charge < -0.3 is 9.47 Å². The van der Waals surface area contributed by atoms with Crippen LogP contribution in [0.1, 0.15) is 12.5 Å². The molecule has 0 saturated heterocycles. The summed E-state index contributed by atoms with van der Waals surface area (Å²) in [6.45, 7) is 7.50. The smallest absolute Gasteiger partial charge is 0.0541 e. The van der Waals surface area contributed by atoms with Crippen LogP contribution in [0, 0.1) is 0 Å². The van der Waals surface area contributed by atoms with Crippen molar-refractivity contribution in [2.45, 2.75) is 6.92 Å². The molecule has 0 amide bonds. The summed E-state index contributed by atoms with van der Waals surface area (Å²) < 4.78 is 2.37. The second kappa shape index (κ2) is 14.6. The second-order valence-electron chi connectivity index (χ2n) is 15.8. The number of fused-ring (bicyclic) bond motifs is 6. The van der Waals surface area contributed by atoms with Gasteiger partial charge in [-0.3, -0.25) is 0 Å². The molecule has 0 atom stereocenters. The molecule has 2 heteroatoms. The predicted octanol–water partition coefficient (Wildman–Crippen LogP) is 15.8. The average molecular weight is 767 g/mol. The van der Waals surface area contributed by atoms with Gasteiger partial charge in [0.15, 0.2) is 0 Å². The van der Waals surface area contributed by atoms with E-state index in [1.807, 2.05) is 0 Å². The van der Waals surface area contributed by atoms with E-state index in [9.17, 15) is 0 Å². The number of aromatic nitrogens is 1. The molecule has 0 N–H and O–H groups in total. The molecule has 0 radical (unpaired) electrons. The van der Waals surface area contributed by atoms with Crippen LogP contribution in [0.15, 0.2) is 225 Å². The van der Waals surface area contributed by atoms with Gasteiger partial charge in [-0.1, -0.05) is 176 Å². The van der Waals surface area contributed by atoms with Gasteiger partial charge >= 0.3 is 0 Å². The molecule has 0 bridgehead atoms. The highest BCUT2D eigenvalue weighted by atomic mass is 15.1. The lowest BCUT2D eigenvalue weighted by atomic mass is 9.86. The minimum absolute atomic E-state index is 0.731. The number of benzene rings is 9. The largest absolute Gasteiger partial charge is 0.337 e. The van der Waals surface area contributed by atoms with Crippen molar-refractivity contribution in [3.8, 4) is 39.1 Å². The number of nitrogens with zero attached hydrogens (tertiary/aromatic N) is 2. The van der Waals surface area contributed by atoms with Gasteiger partial charge in [-0.15, -0.1) is 0 Å². The summed E-state index contributed by atoms with van der Waals surface area (Å²) in [5.41, 5.74) is 16.5. The average Bonchev–Trinajstić information content (AvgIpc) is 3.66. The third kappa shape index (κ3) is 5.96. The molecule has 2 heterocycles. The maximum Gasteiger partial charge on any atom is 0.0541 e. The van der Waals surface area contributed by atoms with E-state index < -0.39 is 0 Å². The van der Waals surface area contributed by atoms with Crippen LogP contribution in [0.3, 0.4) is 0 Å². The summed E-state index contributed by atoms with van der Waals surface area (Å²) in [7, 11) is 0. The minimum Gasteiger partial charge on any atom is -0.337 e. The summed E-state index contributed by atoms with van der Waals surface area (Å²) in [4.78, 5) is 2.41. The number of hydrogen-bond donors (Lipinski definition) is 0. The molecule has 0 saturated carbocycles. The van der Waals surface area contributed by atoms with E-state index in [4.69, 9.17) is 0 Å². The van der Waals surface area contributed by atoms with Crippen molar-refractivity contribution in [3.05, 3.63) is 230 Å². The Labute approximate surface area is 350 Å². The van der Waals surface area contributed by atoms with Gasteiger partial charge in [0, 0.05) is 39.9 Å². The lowest BCUT2D eigenvalue weighted by Crippen LogP contribution is -2.18. The Morgan fingerprint density at radius 3 is 1.48 bits per heavy atom. The summed E-state index contributed by atoms with van der Waals surface area (Å²) in [5.74, 6) is 0. The van der Waals surface area contributed by atoms with Crippen LogP contribution in [0.4, 0.5) is 11.4 Å². The van der Waals surface area contributed by atoms with Crippen LogP contribution in [-0.4, -0.2) is 11.1 Å². The number of anilines is 2. The first-order chi connectivity index (χ1) is 29.6.